The SMILES string of the molecule is [B]OCCC(C)CC(CO[B])C(CO[B])CC(C)=O. The lowest BCUT2D eigenvalue weighted by atomic mass is 9.82. The molecule has 7 heteroatoms. The molecule has 3 unspecified atom stereocenters. The van der Waals surface area contributed by atoms with Gasteiger partial charge in [0, 0.05) is 26.2 Å². The van der Waals surface area contributed by atoms with Crippen LogP contribution < -0.4 is 0 Å². The summed E-state index contributed by atoms with van der Waals surface area (Å²) < 4.78 is 14.0. The number of Topliss-reactive ketones (excluding diaryl/α,β-unsaturated/α-hetero) is 1. The van der Waals surface area contributed by atoms with E-state index >= 15 is 0 Å². The van der Waals surface area contributed by atoms with Crippen molar-refractivity contribution in [2.75, 3.05) is 19.8 Å². The highest BCUT2D eigenvalue weighted by Crippen LogP contribution is 2.26. The first-order valence-electron chi connectivity index (χ1n) is 6.49. The highest BCUT2D eigenvalue weighted by Gasteiger charge is 2.24. The number of carbonyl (C=O) groups is 1. The second-order valence-electron chi connectivity index (χ2n) is 5.09. The Morgan fingerprint density at radius 3 is 2.11 bits per heavy atom. The fourth-order valence-corrected chi connectivity index (χ4v) is 2.28. The van der Waals surface area contributed by atoms with E-state index in [0.717, 1.165) is 12.8 Å². The van der Waals surface area contributed by atoms with Gasteiger partial charge in [-0.05, 0) is 37.5 Å². The summed E-state index contributed by atoms with van der Waals surface area (Å²) in [6.07, 6.45) is 2.10. The van der Waals surface area contributed by atoms with Crippen molar-refractivity contribution in [3.8, 4) is 0 Å². The molecule has 4 nitrogen and oxygen atoms in total. The van der Waals surface area contributed by atoms with Crippen LogP contribution in [0, 0.1) is 17.8 Å². The predicted octanol–water partition coefficient (Wildman–Crippen LogP) is 0.915. The van der Waals surface area contributed by atoms with Gasteiger partial charge in [-0.2, -0.15) is 0 Å². The molecule has 0 saturated heterocycles. The molecule has 0 rings (SSSR count). The Kier molecular flexibility index (Phi) is 11.4. The summed E-state index contributed by atoms with van der Waals surface area (Å²) in [6, 6.07) is 0. The Labute approximate surface area is 120 Å². The molecule has 0 fully saturated rings. The predicted molar refractivity (Wildman–Crippen MR) is 75.8 cm³/mol. The largest absolute Gasteiger partial charge is 0.448 e. The van der Waals surface area contributed by atoms with E-state index in [9.17, 15) is 4.79 Å². The fraction of sp³-hybridized carbons (Fsp3) is 0.917. The van der Waals surface area contributed by atoms with Crippen LogP contribution in [-0.2, 0) is 18.8 Å². The molecule has 0 aliphatic rings. The first-order chi connectivity index (χ1) is 9.04. The summed E-state index contributed by atoms with van der Waals surface area (Å²) in [4.78, 5) is 11.3. The monoisotopic (exact) mass is 262 g/mol. The minimum atomic E-state index is 0.00675. The van der Waals surface area contributed by atoms with Crippen LogP contribution >= 0.6 is 0 Å². The zero-order valence-electron chi connectivity index (χ0n) is 11.8. The highest BCUT2D eigenvalue weighted by atomic mass is 16.4. The van der Waals surface area contributed by atoms with E-state index in [1.807, 2.05) is 0 Å². The normalized spacial score (nSPS) is 15.9. The molecule has 0 aliphatic carbocycles. The minimum absolute atomic E-state index is 0.00675. The molecule has 0 aromatic carbocycles. The van der Waals surface area contributed by atoms with Crippen LogP contribution in [0.25, 0.3) is 0 Å². The number of carbonyl (C=O) groups excluding carboxylic acids is 1. The van der Waals surface area contributed by atoms with Crippen molar-refractivity contribution in [2.45, 2.75) is 33.1 Å². The van der Waals surface area contributed by atoms with E-state index in [4.69, 9.17) is 33.5 Å². The first kappa shape index (κ1) is 18.7. The Morgan fingerprint density at radius 1 is 1.05 bits per heavy atom. The van der Waals surface area contributed by atoms with E-state index < -0.39 is 0 Å². The lowest BCUT2D eigenvalue weighted by molar-refractivity contribution is -0.118. The second-order valence-corrected chi connectivity index (χ2v) is 5.09. The third-order valence-electron chi connectivity index (χ3n) is 3.27. The van der Waals surface area contributed by atoms with E-state index in [1.54, 1.807) is 6.92 Å². The van der Waals surface area contributed by atoms with Gasteiger partial charge in [-0.25, -0.2) is 0 Å². The lowest BCUT2D eigenvalue weighted by Crippen LogP contribution is -2.28. The van der Waals surface area contributed by atoms with Gasteiger partial charge in [0.2, 0.25) is 0 Å². The van der Waals surface area contributed by atoms with Gasteiger partial charge in [-0.15, -0.1) is 0 Å². The van der Waals surface area contributed by atoms with Gasteiger partial charge in [0.05, 0.1) is 0 Å². The van der Waals surface area contributed by atoms with Gasteiger partial charge in [0.1, 0.15) is 5.78 Å². The molecule has 0 amide bonds. The molecule has 0 spiro atoms. The zero-order chi connectivity index (χ0) is 14.7. The summed E-state index contributed by atoms with van der Waals surface area (Å²) in [5, 5.41) is 0. The quantitative estimate of drug-likeness (QED) is 0.490. The van der Waals surface area contributed by atoms with Crippen LogP contribution in [0.2, 0.25) is 0 Å². The average molecular weight is 262 g/mol. The van der Waals surface area contributed by atoms with Gasteiger partial charge in [-0.3, -0.25) is 0 Å². The van der Waals surface area contributed by atoms with Crippen molar-refractivity contribution < 1.29 is 18.8 Å². The molecule has 0 aliphatic heterocycles. The van der Waals surface area contributed by atoms with Crippen molar-refractivity contribution in [3.63, 3.8) is 0 Å². The van der Waals surface area contributed by atoms with Crippen LogP contribution in [0.5, 0.6) is 0 Å². The van der Waals surface area contributed by atoms with Crippen LogP contribution in [0.4, 0.5) is 0 Å². The smallest absolute Gasteiger partial charge is 0.282 e. The van der Waals surface area contributed by atoms with Crippen molar-refractivity contribution in [1.29, 1.82) is 0 Å². The molecular formula is C12H21B3O4. The number of hydrogen-bond acceptors (Lipinski definition) is 4. The maximum Gasteiger partial charge on any atom is 0.282 e. The van der Waals surface area contributed by atoms with E-state index in [-0.39, 0.29) is 17.6 Å². The zero-order valence-corrected chi connectivity index (χ0v) is 11.8. The Balaban J connectivity index is 4.48. The first-order valence-corrected chi connectivity index (χ1v) is 6.49. The van der Waals surface area contributed by atoms with E-state index in [2.05, 4.69) is 11.6 Å². The summed E-state index contributed by atoms with van der Waals surface area (Å²) in [5.41, 5.74) is 0. The highest BCUT2D eigenvalue weighted by molar-refractivity contribution is 5.98. The van der Waals surface area contributed by atoms with Crippen molar-refractivity contribution in [3.05, 3.63) is 0 Å². The Hall–Kier alpha value is -0.255. The molecule has 0 saturated carbocycles. The molecule has 0 aromatic heterocycles. The van der Waals surface area contributed by atoms with E-state index in [1.165, 1.54) is 0 Å². The summed E-state index contributed by atoms with van der Waals surface area (Å²) in [7, 11) is 15.3. The van der Waals surface area contributed by atoms with E-state index in [0.29, 0.717) is 32.2 Å². The molecule has 0 aromatic rings. The van der Waals surface area contributed by atoms with Gasteiger partial charge in [-0.1, -0.05) is 6.92 Å². The Bertz CT molecular complexity index is 241. The maximum atomic E-state index is 11.3. The third-order valence-corrected chi connectivity index (χ3v) is 3.27. The lowest BCUT2D eigenvalue weighted by Gasteiger charge is -2.28. The maximum absolute atomic E-state index is 11.3. The molecule has 0 N–H and O–H groups in total. The summed E-state index contributed by atoms with van der Waals surface area (Å²) in [5.74, 6) is 0.607. The molecule has 3 atom stereocenters. The topological polar surface area (TPSA) is 44.8 Å². The number of rotatable bonds is 12. The molecule has 0 bridgehead atoms. The van der Waals surface area contributed by atoms with Gasteiger partial charge in [0.15, 0.2) is 0 Å². The van der Waals surface area contributed by atoms with Crippen LogP contribution in [0.1, 0.15) is 33.1 Å². The summed E-state index contributed by atoms with van der Waals surface area (Å²) in [6.45, 7) is 4.83. The third kappa shape index (κ3) is 9.30. The molecule has 0 heterocycles. The van der Waals surface area contributed by atoms with Gasteiger partial charge in [0.25, 0.3) is 24.1 Å². The standard InChI is InChI=1S/C12H21B3O4/c1-9(3-4-17-13)5-11(7-18-14)12(8-19-15)6-10(2)16/h9,11-12H,3-8H2,1-2H3. The Morgan fingerprint density at radius 2 is 1.63 bits per heavy atom. The molecule has 102 valence electrons. The fourth-order valence-electron chi connectivity index (χ4n) is 2.28. The second kappa shape index (κ2) is 11.6. The molecule has 6 radical (unpaired) electrons. The van der Waals surface area contributed by atoms with Gasteiger partial charge >= 0.3 is 0 Å². The van der Waals surface area contributed by atoms with Crippen molar-refractivity contribution >= 4 is 29.9 Å². The van der Waals surface area contributed by atoms with Crippen molar-refractivity contribution in [1.82, 2.24) is 0 Å². The average Bonchev–Trinajstić information content (AvgIpc) is 2.35. The summed E-state index contributed by atoms with van der Waals surface area (Å²) >= 11 is 0. The molecular weight excluding hydrogens is 241 g/mol. The number of ketones is 1. The molecule has 19 heavy (non-hydrogen) atoms. The van der Waals surface area contributed by atoms with Gasteiger partial charge < -0.3 is 18.8 Å². The minimum Gasteiger partial charge on any atom is -0.448 e. The van der Waals surface area contributed by atoms with Crippen LogP contribution in [-0.4, -0.2) is 49.8 Å². The van der Waals surface area contributed by atoms with Crippen LogP contribution in [0.3, 0.4) is 0 Å². The van der Waals surface area contributed by atoms with Crippen molar-refractivity contribution in [2.24, 2.45) is 17.8 Å². The number of hydrogen-bond donors (Lipinski definition) is 0. The van der Waals surface area contributed by atoms with Crippen LogP contribution in [0.15, 0.2) is 0 Å².